The minimum Gasteiger partial charge on any atom is -0.481 e. The quantitative estimate of drug-likeness (QED) is 0.937. The lowest BCUT2D eigenvalue weighted by Crippen LogP contribution is -2.13. The van der Waals surface area contributed by atoms with Crippen LogP contribution in [0, 0.1) is 0 Å². The predicted molar refractivity (Wildman–Crippen MR) is 65.2 cm³/mol. The summed E-state index contributed by atoms with van der Waals surface area (Å²) in [7, 11) is 0. The van der Waals surface area contributed by atoms with E-state index in [-0.39, 0.29) is 12.2 Å². The summed E-state index contributed by atoms with van der Waals surface area (Å²) in [6, 6.07) is 3.83. The van der Waals surface area contributed by atoms with Crippen molar-refractivity contribution in [3.8, 4) is 11.4 Å². The molecule has 0 fully saturated rings. The van der Waals surface area contributed by atoms with Gasteiger partial charge in [-0.05, 0) is 29.5 Å². The Labute approximate surface area is 117 Å². The zero-order chi connectivity index (χ0) is 15.6. The van der Waals surface area contributed by atoms with Gasteiger partial charge in [0.2, 0.25) is 0 Å². The summed E-state index contributed by atoms with van der Waals surface area (Å²) >= 11 is 0. The lowest BCUT2D eigenvalue weighted by molar-refractivity contribution is -0.138. The Kier molecular flexibility index (Phi) is 3.92. The van der Waals surface area contributed by atoms with Crippen molar-refractivity contribution in [2.75, 3.05) is 0 Å². The van der Waals surface area contributed by atoms with Crippen LogP contribution < -0.4 is 0 Å². The number of hydrogen-bond acceptors (Lipinski definition) is 4. The van der Waals surface area contributed by atoms with Crippen LogP contribution in [-0.4, -0.2) is 31.3 Å². The van der Waals surface area contributed by atoms with Crippen molar-refractivity contribution in [3.05, 3.63) is 29.8 Å². The molecule has 1 atom stereocenters. The zero-order valence-electron chi connectivity index (χ0n) is 10.9. The molecule has 0 aliphatic carbocycles. The molecule has 2 rings (SSSR count). The van der Waals surface area contributed by atoms with Crippen molar-refractivity contribution in [2.45, 2.75) is 25.6 Å². The molecule has 1 N–H and O–H groups in total. The first-order valence-electron chi connectivity index (χ1n) is 5.96. The molecule has 1 aromatic carbocycles. The van der Waals surface area contributed by atoms with Crippen LogP contribution in [0.4, 0.5) is 13.2 Å². The zero-order valence-corrected chi connectivity index (χ0v) is 10.9. The minimum atomic E-state index is -4.42. The van der Waals surface area contributed by atoms with E-state index in [0.29, 0.717) is 5.56 Å². The van der Waals surface area contributed by atoms with Gasteiger partial charge in [0.05, 0.1) is 18.0 Å². The van der Waals surface area contributed by atoms with Gasteiger partial charge in [-0.25, -0.2) is 4.68 Å². The second-order valence-corrected chi connectivity index (χ2v) is 4.47. The number of alkyl halides is 3. The van der Waals surface area contributed by atoms with Gasteiger partial charge in [0, 0.05) is 5.56 Å². The van der Waals surface area contributed by atoms with Crippen LogP contribution in [0.3, 0.4) is 0 Å². The molecule has 1 heterocycles. The second kappa shape index (κ2) is 5.51. The molecule has 21 heavy (non-hydrogen) atoms. The van der Waals surface area contributed by atoms with Crippen LogP contribution in [0.15, 0.2) is 24.3 Å². The molecule has 112 valence electrons. The van der Waals surface area contributed by atoms with Crippen LogP contribution in [0.2, 0.25) is 0 Å². The Balaban J connectivity index is 2.31. The fourth-order valence-corrected chi connectivity index (χ4v) is 1.83. The van der Waals surface area contributed by atoms with Crippen LogP contribution in [0.5, 0.6) is 0 Å². The lowest BCUT2D eigenvalue weighted by atomic mass is 10.1. The highest BCUT2D eigenvalue weighted by Gasteiger charge is 2.30. The third-order valence-corrected chi connectivity index (χ3v) is 2.85. The maximum atomic E-state index is 12.5. The van der Waals surface area contributed by atoms with E-state index in [4.69, 9.17) is 5.11 Å². The van der Waals surface area contributed by atoms with Crippen molar-refractivity contribution < 1.29 is 23.1 Å². The molecule has 1 aromatic heterocycles. The third-order valence-electron chi connectivity index (χ3n) is 2.85. The number of carboxylic acid groups (broad SMARTS) is 1. The first-order valence-corrected chi connectivity index (χ1v) is 5.96. The summed E-state index contributed by atoms with van der Waals surface area (Å²) in [6.45, 7) is 1.61. The maximum absolute atomic E-state index is 12.5. The van der Waals surface area contributed by atoms with Gasteiger partial charge in [-0.3, -0.25) is 4.79 Å². The Morgan fingerprint density at radius 2 is 1.95 bits per heavy atom. The first kappa shape index (κ1) is 14.9. The predicted octanol–water partition coefficient (Wildman–Crippen LogP) is 2.39. The number of nitrogens with zero attached hydrogens (tertiary/aromatic N) is 4. The number of aromatic nitrogens is 4. The molecular weight excluding hydrogens is 289 g/mol. The molecule has 6 nitrogen and oxygen atoms in total. The molecule has 0 radical (unpaired) electrons. The van der Waals surface area contributed by atoms with E-state index in [1.165, 1.54) is 16.8 Å². The summed E-state index contributed by atoms with van der Waals surface area (Å²) in [6.07, 6.45) is -4.61. The van der Waals surface area contributed by atoms with Gasteiger partial charge in [-0.2, -0.15) is 13.2 Å². The number of tetrazole rings is 1. The lowest BCUT2D eigenvalue weighted by Gasteiger charge is -2.11. The van der Waals surface area contributed by atoms with Crippen LogP contribution in [0.25, 0.3) is 11.4 Å². The minimum absolute atomic E-state index is 0.196. The number of carboxylic acids is 1. The molecular formula is C12H11F3N4O2. The number of halogens is 3. The molecule has 0 aliphatic heterocycles. The van der Waals surface area contributed by atoms with Crippen LogP contribution in [0.1, 0.15) is 24.9 Å². The van der Waals surface area contributed by atoms with Gasteiger partial charge in [0.15, 0.2) is 5.82 Å². The third kappa shape index (κ3) is 3.36. The van der Waals surface area contributed by atoms with Gasteiger partial charge < -0.3 is 5.11 Å². The molecule has 0 amide bonds. The van der Waals surface area contributed by atoms with E-state index < -0.39 is 23.8 Å². The normalized spacial score (nSPS) is 13.1. The van der Waals surface area contributed by atoms with Crippen molar-refractivity contribution in [2.24, 2.45) is 0 Å². The monoisotopic (exact) mass is 300 g/mol. The average molecular weight is 300 g/mol. The van der Waals surface area contributed by atoms with Crippen molar-refractivity contribution in [3.63, 3.8) is 0 Å². The topological polar surface area (TPSA) is 80.9 Å². The van der Waals surface area contributed by atoms with E-state index in [1.54, 1.807) is 6.92 Å². The van der Waals surface area contributed by atoms with Gasteiger partial charge >= 0.3 is 12.1 Å². The summed E-state index contributed by atoms with van der Waals surface area (Å²) in [4.78, 5) is 10.7. The van der Waals surface area contributed by atoms with Gasteiger partial charge in [-0.15, -0.1) is 5.10 Å². The SMILES string of the molecule is CC(CC(=O)O)n1nnnc1-c1ccc(C(F)(F)F)cc1. The van der Waals surface area contributed by atoms with Crippen LogP contribution in [-0.2, 0) is 11.0 Å². The first-order chi connectivity index (χ1) is 9.79. The average Bonchev–Trinajstić information content (AvgIpc) is 2.86. The van der Waals surface area contributed by atoms with Crippen molar-refractivity contribution in [1.29, 1.82) is 0 Å². The number of rotatable bonds is 4. The number of hydrogen-bond donors (Lipinski definition) is 1. The smallest absolute Gasteiger partial charge is 0.416 e. The molecule has 0 saturated heterocycles. The van der Waals surface area contributed by atoms with Crippen molar-refractivity contribution in [1.82, 2.24) is 20.2 Å². The number of benzene rings is 1. The maximum Gasteiger partial charge on any atom is 0.416 e. The summed E-state index contributed by atoms with van der Waals surface area (Å²) in [5.41, 5.74) is -0.394. The van der Waals surface area contributed by atoms with E-state index in [1.807, 2.05) is 0 Å². The Hall–Kier alpha value is -2.45. The second-order valence-electron chi connectivity index (χ2n) is 4.47. The fraction of sp³-hybridized carbons (Fsp3) is 0.333. The van der Waals surface area contributed by atoms with E-state index >= 15 is 0 Å². The van der Waals surface area contributed by atoms with Crippen LogP contribution >= 0.6 is 0 Å². The Bertz CT molecular complexity index is 637. The molecule has 2 aromatic rings. The molecule has 0 spiro atoms. The van der Waals surface area contributed by atoms with E-state index in [9.17, 15) is 18.0 Å². The molecule has 0 aliphatic rings. The molecule has 9 heteroatoms. The summed E-state index contributed by atoms with van der Waals surface area (Å²) in [5, 5.41) is 19.6. The standard InChI is InChI=1S/C12H11F3N4O2/c1-7(6-10(20)21)19-11(16-17-18-19)8-2-4-9(5-3-8)12(13,14)15/h2-5,7H,6H2,1H3,(H,20,21). The van der Waals surface area contributed by atoms with Gasteiger partial charge in [0.1, 0.15) is 0 Å². The Morgan fingerprint density at radius 1 is 1.33 bits per heavy atom. The van der Waals surface area contributed by atoms with E-state index in [0.717, 1.165) is 12.1 Å². The molecule has 0 saturated carbocycles. The van der Waals surface area contributed by atoms with E-state index in [2.05, 4.69) is 15.5 Å². The molecule has 1 unspecified atom stereocenters. The highest BCUT2D eigenvalue weighted by atomic mass is 19.4. The largest absolute Gasteiger partial charge is 0.481 e. The molecule has 0 bridgehead atoms. The highest BCUT2D eigenvalue weighted by molar-refractivity contribution is 5.67. The summed E-state index contributed by atoms with van der Waals surface area (Å²) in [5.74, 6) is -0.797. The van der Waals surface area contributed by atoms with Gasteiger partial charge in [-0.1, -0.05) is 12.1 Å². The van der Waals surface area contributed by atoms with Crippen molar-refractivity contribution >= 4 is 5.97 Å². The highest BCUT2D eigenvalue weighted by Crippen LogP contribution is 2.30. The summed E-state index contributed by atoms with van der Waals surface area (Å²) < 4.78 is 38.8. The fourth-order valence-electron chi connectivity index (χ4n) is 1.83. The Morgan fingerprint density at radius 3 is 2.48 bits per heavy atom. The number of carbonyl (C=O) groups is 1. The number of aliphatic carboxylic acids is 1. The van der Waals surface area contributed by atoms with Gasteiger partial charge in [0.25, 0.3) is 0 Å².